The number of hydrogen-bond acceptors (Lipinski definition) is 15. The van der Waals surface area contributed by atoms with Gasteiger partial charge in [-0.05, 0) is 49.4 Å². The molecule has 6 atom stereocenters. The molecule has 0 radical (unpaired) electrons. The lowest BCUT2D eigenvalue weighted by molar-refractivity contribution is -0.161. The molecule has 0 aliphatic heterocycles. The van der Waals surface area contributed by atoms with Crippen LogP contribution in [0, 0.1) is 23.7 Å². The quantitative estimate of drug-likeness (QED) is 0.0222. The third kappa shape index (κ3) is 65.1. The van der Waals surface area contributed by atoms with Gasteiger partial charge < -0.3 is 33.8 Å². The van der Waals surface area contributed by atoms with E-state index >= 15 is 0 Å². The van der Waals surface area contributed by atoms with E-state index in [-0.39, 0.29) is 25.7 Å². The van der Waals surface area contributed by atoms with Gasteiger partial charge in [0.25, 0.3) is 0 Å². The van der Waals surface area contributed by atoms with Gasteiger partial charge in [0.15, 0.2) is 12.2 Å². The fraction of sp³-hybridized carbons (Fsp3) is 0.944. The normalized spacial score (nSPS) is 14.5. The Bertz CT molecular complexity index is 1800. The number of rotatable bonds is 69. The van der Waals surface area contributed by atoms with Gasteiger partial charge in [0, 0.05) is 25.7 Å². The highest BCUT2D eigenvalue weighted by molar-refractivity contribution is 7.47. The molecule has 0 aromatic heterocycles. The number of ether oxygens (including phenoxy) is 4. The lowest BCUT2D eigenvalue weighted by Crippen LogP contribution is -2.30. The monoisotopic (exact) mass is 1340 g/mol. The molecule has 0 aliphatic rings. The zero-order chi connectivity index (χ0) is 67.5. The van der Waals surface area contributed by atoms with Crippen LogP contribution >= 0.6 is 15.6 Å². The van der Waals surface area contributed by atoms with Crippen LogP contribution in [-0.2, 0) is 65.4 Å². The molecule has 0 fully saturated rings. The molecule has 0 aliphatic carbocycles. The van der Waals surface area contributed by atoms with Gasteiger partial charge in [0.05, 0.1) is 26.4 Å². The number of unbranched alkanes of at least 4 members (excludes halogenated alkanes) is 34. The zero-order valence-electron chi connectivity index (χ0n) is 59.5. The highest BCUT2D eigenvalue weighted by Gasteiger charge is 2.30. The number of carbonyl (C=O) groups is 4. The van der Waals surface area contributed by atoms with Crippen molar-refractivity contribution in [2.24, 2.45) is 23.7 Å². The van der Waals surface area contributed by atoms with Crippen LogP contribution in [0.5, 0.6) is 0 Å². The molecule has 3 N–H and O–H groups in total. The van der Waals surface area contributed by atoms with Crippen molar-refractivity contribution in [1.82, 2.24) is 0 Å². The number of carbonyl (C=O) groups excluding carboxylic acids is 4. The Labute approximate surface area is 556 Å². The summed E-state index contributed by atoms with van der Waals surface area (Å²) in [5, 5.41) is 10.6. The Morgan fingerprint density at radius 2 is 0.527 bits per heavy atom. The lowest BCUT2D eigenvalue weighted by atomic mass is 10.00. The van der Waals surface area contributed by atoms with E-state index in [0.29, 0.717) is 31.6 Å². The summed E-state index contributed by atoms with van der Waals surface area (Å²) in [5.41, 5.74) is 0. The fourth-order valence-corrected chi connectivity index (χ4v) is 12.4. The number of phosphoric acid groups is 2. The molecule has 0 heterocycles. The Balaban J connectivity index is 5.22. The molecular weight excluding hydrogens is 1200 g/mol. The molecule has 0 amide bonds. The maximum Gasteiger partial charge on any atom is 0.472 e. The van der Waals surface area contributed by atoms with E-state index < -0.39 is 97.5 Å². The Morgan fingerprint density at radius 1 is 0.308 bits per heavy atom. The Kier molecular flexibility index (Phi) is 60.3. The highest BCUT2D eigenvalue weighted by Crippen LogP contribution is 2.45. The molecule has 0 rings (SSSR count). The van der Waals surface area contributed by atoms with Crippen LogP contribution in [0.2, 0.25) is 0 Å². The number of aliphatic hydroxyl groups excluding tert-OH is 1. The Hall–Kier alpha value is -1.94. The van der Waals surface area contributed by atoms with E-state index in [1.165, 1.54) is 154 Å². The van der Waals surface area contributed by atoms with Gasteiger partial charge in [0.1, 0.15) is 19.3 Å². The molecule has 4 unspecified atom stereocenters. The smallest absolute Gasteiger partial charge is 0.462 e. The molecule has 0 saturated carbocycles. The van der Waals surface area contributed by atoms with Crippen molar-refractivity contribution in [3.05, 3.63) is 0 Å². The third-order valence-corrected chi connectivity index (χ3v) is 18.8. The molecular formula is C72H140O17P2. The van der Waals surface area contributed by atoms with Crippen molar-refractivity contribution in [1.29, 1.82) is 0 Å². The van der Waals surface area contributed by atoms with E-state index in [4.69, 9.17) is 37.0 Å². The van der Waals surface area contributed by atoms with Crippen molar-refractivity contribution in [3.8, 4) is 0 Å². The van der Waals surface area contributed by atoms with E-state index in [2.05, 4.69) is 55.4 Å². The molecule has 91 heavy (non-hydrogen) atoms. The first-order valence-corrected chi connectivity index (χ1v) is 40.2. The van der Waals surface area contributed by atoms with Crippen LogP contribution in [0.3, 0.4) is 0 Å². The second kappa shape index (κ2) is 61.6. The predicted octanol–water partition coefficient (Wildman–Crippen LogP) is 20.5. The maximum absolute atomic E-state index is 13.0. The average molecular weight is 1340 g/mol. The van der Waals surface area contributed by atoms with Gasteiger partial charge in [-0.2, -0.15) is 0 Å². The van der Waals surface area contributed by atoms with Crippen molar-refractivity contribution in [2.45, 2.75) is 375 Å². The van der Waals surface area contributed by atoms with Gasteiger partial charge in [0.2, 0.25) is 0 Å². The van der Waals surface area contributed by atoms with E-state index in [1.54, 1.807) is 0 Å². The summed E-state index contributed by atoms with van der Waals surface area (Å²) < 4.78 is 68.3. The molecule has 0 saturated heterocycles. The van der Waals surface area contributed by atoms with Crippen LogP contribution in [0.4, 0.5) is 0 Å². The molecule has 19 heteroatoms. The third-order valence-electron chi connectivity index (χ3n) is 16.9. The average Bonchev–Trinajstić information content (AvgIpc) is 3.62. The van der Waals surface area contributed by atoms with Gasteiger partial charge in [-0.15, -0.1) is 0 Å². The highest BCUT2D eigenvalue weighted by atomic mass is 31.2. The Morgan fingerprint density at radius 3 is 0.780 bits per heavy atom. The van der Waals surface area contributed by atoms with Crippen molar-refractivity contribution in [2.75, 3.05) is 39.6 Å². The molecule has 17 nitrogen and oxygen atoms in total. The van der Waals surface area contributed by atoms with E-state index in [0.717, 1.165) is 114 Å². The van der Waals surface area contributed by atoms with Gasteiger partial charge in [-0.3, -0.25) is 37.3 Å². The predicted molar refractivity (Wildman–Crippen MR) is 367 cm³/mol. The molecule has 0 aromatic carbocycles. The number of hydrogen-bond donors (Lipinski definition) is 3. The summed E-state index contributed by atoms with van der Waals surface area (Å²) in [5.74, 6) is 0.848. The van der Waals surface area contributed by atoms with Crippen LogP contribution < -0.4 is 0 Å². The number of phosphoric ester groups is 2. The van der Waals surface area contributed by atoms with Gasteiger partial charge in [-0.1, -0.05) is 306 Å². The molecule has 0 aromatic rings. The largest absolute Gasteiger partial charge is 0.472 e. The number of aliphatic hydroxyl groups is 1. The summed E-state index contributed by atoms with van der Waals surface area (Å²) in [6, 6.07) is 0. The zero-order valence-corrected chi connectivity index (χ0v) is 61.3. The minimum Gasteiger partial charge on any atom is -0.462 e. The molecule has 0 spiro atoms. The van der Waals surface area contributed by atoms with Crippen molar-refractivity contribution >= 4 is 39.5 Å². The molecule has 540 valence electrons. The van der Waals surface area contributed by atoms with Crippen LogP contribution in [0.25, 0.3) is 0 Å². The summed E-state index contributed by atoms with van der Waals surface area (Å²) in [6.45, 7) is 14.1. The minimum atomic E-state index is -4.95. The van der Waals surface area contributed by atoms with Crippen LogP contribution in [-0.4, -0.2) is 96.7 Å². The summed E-state index contributed by atoms with van der Waals surface area (Å²) in [7, 11) is -9.90. The fourth-order valence-electron chi connectivity index (χ4n) is 10.8. The van der Waals surface area contributed by atoms with Gasteiger partial charge in [-0.25, -0.2) is 9.13 Å². The number of esters is 4. The lowest BCUT2D eigenvalue weighted by Gasteiger charge is -2.21. The first kappa shape index (κ1) is 89.1. The first-order chi connectivity index (χ1) is 43.6. The molecule has 0 bridgehead atoms. The second-order valence-electron chi connectivity index (χ2n) is 27.6. The van der Waals surface area contributed by atoms with Gasteiger partial charge >= 0.3 is 39.5 Å². The second-order valence-corrected chi connectivity index (χ2v) is 30.6. The van der Waals surface area contributed by atoms with Crippen LogP contribution in [0.15, 0.2) is 0 Å². The van der Waals surface area contributed by atoms with Crippen LogP contribution in [0.1, 0.15) is 357 Å². The summed E-state index contributed by atoms with van der Waals surface area (Å²) >= 11 is 0. The summed E-state index contributed by atoms with van der Waals surface area (Å²) in [4.78, 5) is 72.6. The topological polar surface area (TPSA) is 237 Å². The van der Waals surface area contributed by atoms with E-state index in [1.807, 2.05) is 0 Å². The summed E-state index contributed by atoms with van der Waals surface area (Å²) in [6.07, 6.45) is 44.6. The van der Waals surface area contributed by atoms with E-state index in [9.17, 15) is 43.2 Å². The SMILES string of the molecule is CCC(C)CCCCCCCCC(=O)O[C@H](COC(=O)CCCCCCCCCC(C)C)COP(=O)(O)OCC(O)COP(=O)(O)OC[C@@H](COC(=O)CCCCCCCCCCCC(C)C)OC(=O)CCCCCCCCCCCCCCCCCCC(C)C. The van der Waals surface area contributed by atoms with Crippen molar-refractivity contribution in [3.63, 3.8) is 0 Å². The van der Waals surface area contributed by atoms with Crippen molar-refractivity contribution < 1.29 is 80.2 Å². The minimum absolute atomic E-state index is 0.102. The standard InChI is InChI=1S/C72H140O17P2/c1-9-65(8)51-43-35-30-31-39-47-55-72(77)89-68(59-83-70(75)53-45-37-29-23-26-34-42-50-64(6)7)61-87-91(80,81)85-57-66(73)56-84-90(78,79)86-60-67(58-82-69(74)52-44-36-27-22-18-20-25-33-41-49-63(4)5)88-71(76)54-46-38-28-21-17-15-13-11-10-12-14-16-19-24-32-40-48-62(2)3/h62-68,73H,9-61H2,1-8H3,(H,78,79)(H,80,81)/t65?,66?,67-,68-/m1/s1. The maximum atomic E-state index is 13.0. The first-order valence-electron chi connectivity index (χ1n) is 37.2.